The third-order valence-electron chi connectivity index (χ3n) is 4.89. The number of rotatable bonds is 12. The highest BCUT2D eigenvalue weighted by molar-refractivity contribution is 6.03. The molecule has 2 rings (SSSR count). The largest absolute Gasteiger partial charge is 0.491 e. The minimum Gasteiger partial charge on any atom is -0.491 e. The van der Waals surface area contributed by atoms with E-state index in [0.29, 0.717) is 24.4 Å². The van der Waals surface area contributed by atoms with Crippen molar-refractivity contribution in [3.63, 3.8) is 0 Å². The number of ketones is 1. The Morgan fingerprint density at radius 2 is 2.10 bits per heavy atom. The summed E-state index contributed by atoms with van der Waals surface area (Å²) in [5.74, 6) is 0.356. The molecule has 6 heteroatoms. The molecule has 168 valence electrons. The number of aryl methyl sites for hydroxylation is 1. The molecule has 0 spiro atoms. The predicted molar refractivity (Wildman–Crippen MR) is 123 cm³/mol. The number of allylic oxidation sites excluding steroid dienone is 4. The number of carbonyl (C=O) groups is 1. The molecule has 31 heavy (non-hydrogen) atoms. The zero-order chi connectivity index (χ0) is 23.0. The maximum absolute atomic E-state index is 13.1. The van der Waals surface area contributed by atoms with Crippen LogP contribution in [0.25, 0.3) is 0 Å². The van der Waals surface area contributed by atoms with E-state index in [9.17, 15) is 14.3 Å². The van der Waals surface area contributed by atoms with Gasteiger partial charge < -0.3 is 9.84 Å². The molecule has 0 atom stereocenters. The van der Waals surface area contributed by atoms with E-state index in [0.717, 1.165) is 29.5 Å². The fraction of sp³-hybridized carbons (Fsp3) is 0.440. The van der Waals surface area contributed by atoms with Crippen molar-refractivity contribution in [2.75, 3.05) is 26.9 Å². The van der Waals surface area contributed by atoms with E-state index in [1.165, 1.54) is 19.4 Å². The van der Waals surface area contributed by atoms with Crippen LogP contribution in [0.3, 0.4) is 0 Å². The van der Waals surface area contributed by atoms with Gasteiger partial charge >= 0.3 is 0 Å². The molecule has 1 saturated carbocycles. The summed E-state index contributed by atoms with van der Waals surface area (Å²) in [5.41, 5.74) is 3.06. The number of ether oxygens (including phenoxy) is 1. The number of nitrogens with zero attached hydrogens (tertiary/aromatic N) is 2. The molecule has 0 unspecified atom stereocenters. The molecular formula is C25H33FN2O3. The topological polar surface area (TPSA) is 62.1 Å². The van der Waals surface area contributed by atoms with Gasteiger partial charge in [0.25, 0.3) is 0 Å². The fourth-order valence-corrected chi connectivity index (χ4v) is 3.23. The average molecular weight is 429 g/mol. The van der Waals surface area contributed by atoms with E-state index >= 15 is 0 Å². The van der Waals surface area contributed by atoms with Gasteiger partial charge in [-0.15, -0.1) is 0 Å². The van der Waals surface area contributed by atoms with Crippen molar-refractivity contribution in [1.82, 2.24) is 4.90 Å². The second kappa shape index (κ2) is 11.2. The van der Waals surface area contributed by atoms with Crippen LogP contribution in [0.5, 0.6) is 5.75 Å². The van der Waals surface area contributed by atoms with Gasteiger partial charge in [-0.2, -0.15) is 0 Å². The molecule has 0 bridgehead atoms. The van der Waals surface area contributed by atoms with Crippen LogP contribution in [-0.4, -0.2) is 55.0 Å². The zero-order valence-corrected chi connectivity index (χ0v) is 18.9. The van der Waals surface area contributed by atoms with Gasteiger partial charge in [-0.05, 0) is 76.2 Å². The van der Waals surface area contributed by atoms with Gasteiger partial charge in [0.2, 0.25) is 0 Å². The van der Waals surface area contributed by atoms with Crippen LogP contribution in [0.1, 0.15) is 37.8 Å². The van der Waals surface area contributed by atoms with Crippen molar-refractivity contribution in [3.05, 3.63) is 64.4 Å². The molecule has 0 radical (unpaired) electrons. The van der Waals surface area contributed by atoms with E-state index in [1.54, 1.807) is 12.3 Å². The van der Waals surface area contributed by atoms with Crippen LogP contribution >= 0.6 is 0 Å². The second-order valence-electron chi connectivity index (χ2n) is 8.43. The SMILES string of the molecule is C=N/C=C\C(C=C1CC1)=C(\CN(C)Cc1ccc(OCCF)c(C)c1)C(=O)C(C)(C)O. The molecule has 0 amide bonds. The molecule has 1 fully saturated rings. The fourth-order valence-electron chi connectivity index (χ4n) is 3.23. The van der Waals surface area contributed by atoms with Gasteiger partial charge in [0.1, 0.15) is 24.6 Å². The zero-order valence-electron chi connectivity index (χ0n) is 18.9. The third kappa shape index (κ3) is 7.89. The molecule has 0 aliphatic heterocycles. The van der Waals surface area contributed by atoms with Crippen LogP contribution in [0.2, 0.25) is 0 Å². The highest BCUT2D eigenvalue weighted by Crippen LogP contribution is 2.31. The number of hydrogen-bond acceptors (Lipinski definition) is 5. The summed E-state index contributed by atoms with van der Waals surface area (Å²) in [4.78, 5) is 18.9. The number of halogens is 1. The lowest BCUT2D eigenvalue weighted by molar-refractivity contribution is -0.130. The van der Waals surface area contributed by atoms with Crippen molar-refractivity contribution < 1.29 is 19.0 Å². The summed E-state index contributed by atoms with van der Waals surface area (Å²) < 4.78 is 17.8. The van der Waals surface area contributed by atoms with Crippen molar-refractivity contribution in [2.24, 2.45) is 4.99 Å². The molecule has 1 aromatic rings. The Bertz CT molecular complexity index is 889. The second-order valence-corrected chi connectivity index (χ2v) is 8.43. The minimum atomic E-state index is -1.48. The van der Waals surface area contributed by atoms with Gasteiger partial charge in [-0.25, -0.2) is 4.39 Å². The number of Topliss-reactive ketones (excluding diaryl/α,β-unsaturated/α-hetero) is 1. The quantitative estimate of drug-likeness (QED) is 0.306. The Hall–Kier alpha value is -2.57. The van der Waals surface area contributed by atoms with Crippen LogP contribution in [0, 0.1) is 6.92 Å². The Morgan fingerprint density at radius 3 is 2.65 bits per heavy atom. The highest BCUT2D eigenvalue weighted by Gasteiger charge is 2.29. The van der Waals surface area contributed by atoms with Crippen LogP contribution in [-0.2, 0) is 11.3 Å². The lowest BCUT2D eigenvalue weighted by Crippen LogP contribution is -2.36. The first-order chi connectivity index (χ1) is 14.7. The first kappa shape index (κ1) is 24.7. The normalized spacial score (nSPS) is 14.6. The van der Waals surface area contributed by atoms with E-state index < -0.39 is 12.3 Å². The van der Waals surface area contributed by atoms with E-state index in [2.05, 4.69) is 11.7 Å². The number of likely N-dealkylation sites (N-methyl/N-ethyl adjacent to an activating group) is 1. The van der Waals surface area contributed by atoms with Gasteiger partial charge in [-0.3, -0.25) is 14.7 Å². The van der Waals surface area contributed by atoms with Crippen molar-refractivity contribution >= 4 is 12.5 Å². The maximum atomic E-state index is 13.1. The standard InChI is InChI=1S/C25H33FN2O3/c1-18-14-20(8-9-23(18)31-13-11-26)16-28(5)17-22(24(29)25(2,3)30)21(10-12-27-4)15-19-6-7-19/h8-10,12,14-15,30H,4,6-7,11,13,16-17H2,1-3,5H3/b12-10-,22-21+. The number of aliphatic imine (C=N–C) groups is 1. The highest BCUT2D eigenvalue weighted by atomic mass is 19.1. The molecule has 1 N–H and O–H groups in total. The lowest BCUT2D eigenvalue weighted by Gasteiger charge is -2.24. The first-order valence-electron chi connectivity index (χ1n) is 10.4. The summed E-state index contributed by atoms with van der Waals surface area (Å²) >= 11 is 0. The van der Waals surface area contributed by atoms with E-state index in [4.69, 9.17) is 4.74 Å². The van der Waals surface area contributed by atoms with E-state index in [1.807, 2.05) is 43.1 Å². The van der Waals surface area contributed by atoms with E-state index in [-0.39, 0.29) is 12.4 Å². The Balaban J connectivity index is 2.27. The number of benzene rings is 1. The molecule has 1 aliphatic rings. The minimum absolute atomic E-state index is 0.0403. The summed E-state index contributed by atoms with van der Waals surface area (Å²) in [5, 5.41) is 10.4. The summed E-state index contributed by atoms with van der Waals surface area (Å²) in [6.45, 7) is 8.89. The molecular weight excluding hydrogens is 395 g/mol. The van der Waals surface area contributed by atoms with Crippen LogP contribution in [0.15, 0.2) is 58.3 Å². The van der Waals surface area contributed by atoms with Crippen LogP contribution < -0.4 is 4.74 Å². The molecule has 0 saturated heterocycles. The first-order valence-corrected chi connectivity index (χ1v) is 10.4. The molecule has 1 aliphatic carbocycles. The summed E-state index contributed by atoms with van der Waals surface area (Å²) in [7, 11) is 1.93. The van der Waals surface area contributed by atoms with Gasteiger partial charge in [0.15, 0.2) is 5.78 Å². The monoisotopic (exact) mass is 428 g/mol. The van der Waals surface area contributed by atoms with Gasteiger partial charge in [0.05, 0.1) is 0 Å². The molecule has 0 aromatic heterocycles. The van der Waals surface area contributed by atoms with Gasteiger partial charge in [-0.1, -0.05) is 23.8 Å². The number of carbonyl (C=O) groups excluding carboxylic acids is 1. The smallest absolute Gasteiger partial charge is 0.191 e. The van der Waals surface area contributed by atoms with Gasteiger partial charge in [0, 0.05) is 24.9 Å². The summed E-state index contributed by atoms with van der Waals surface area (Å²) in [6, 6.07) is 5.78. The van der Waals surface area contributed by atoms with Crippen molar-refractivity contribution in [1.29, 1.82) is 0 Å². The lowest BCUT2D eigenvalue weighted by atomic mass is 9.92. The summed E-state index contributed by atoms with van der Waals surface area (Å²) in [6.07, 6.45) is 7.39. The number of hydrogen-bond donors (Lipinski definition) is 1. The number of aliphatic hydroxyl groups is 1. The average Bonchev–Trinajstić information content (AvgIpc) is 3.52. The third-order valence-corrected chi connectivity index (χ3v) is 4.89. The van der Waals surface area contributed by atoms with Crippen LogP contribution in [0.4, 0.5) is 4.39 Å². The predicted octanol–water partition coefficient (Wildman–Crippen LogP) is 4.35. The molecule has 5 nitrogen and oxygen atoms in total. The maximum Gasteiger partial charge on any atom is 0.191 e. The van der Waals surface area contributed by atoms with Crippen molar-refractivity contribution in [2.45, 2.75) is 45.8 Å². The van der Waals surface area contributed by atoms with Crippen molar-refractivity contribution in [3.8, 4) is 5.75 Å². The Kier molecular flexibility index (Phi) is 8.89. The molecule has 0 heterocycles. The Morgan fingerprint density at radius 1 is 1.39 bits per heavy atom. The number of alkyl halides is 1. The molecule has 1 aromatic carbocycles. The Labute approximate surface area is 184 Å².